The van der Waals surface area contributed by atoms with Crippen LogP contribution < -0.4 is 10.4 Å². The smallest absolute Gasteiger partial charge is 0.312 e. The fourth-order valence-corrected chi connectivity index (χ4v) is 10.8. The molecule has 7 nitrogen and oxygen atoms in total. The van der Waals surface area contributed by atoms with Crippen molar-refractivity contribution in [1.82, 2.24) is 0 Å². The topological polar surface area (TPSA) is 80.3 Å². The van der Waals surface area contributed by atoms with Gasteiger partial charge in [-0.3, -0.25) is 9.59 Å². The Labute approximate surface area is 253 Å². The van der Waals surface area contributed by atoms with Crippen molar-refractivity contribution < 1.29 is 33.0 Å². The predicted octanol–water partition coefficient (Wildman–Crippen LogP) is 5.63. The number of hydrogen-bond acceptors (Lipinski definition) is 7. The van der Waals surface area contributed by atoms with Gasteiger partial charge in [0.15, 0.2) is 5.79 Å². The highest BCUT2D eigenvalue weighted by molar-refractivity contribution is 6.99. The molecule has 0 aliphatic carbocycles. The first-order valence-electron chi connectivity index (χ1n) is 15.1. The largest absolute Gasteiger partial charge is 0.469 e. The Bertz CT molecular complexity index is 1110. The molecule has 0 bridgehead atoms. The lowest BCUT2D eigenvalue weighted by molar-refractivity contribution is -0.167. The molecule has 2 aromatic rings. The van der Waals surface area contributed by atoms with E-state index in [-0.39, 0.29) is 23.5 Å². The summed E-state index contributed by atoms with van der Waals surface area (Å²) in [6.45, 7) is 16.6. The first-order chi connectivity index (χ1) is 19.7. The Hall–Kier alpha value is -2.52. The average molecular weight is 599 g/mol. The van der Waals surface area contributed by atoms with Crippen molar-refractivity contribution in [3.8, 4) is 0 Å². The Kier molecular flexibility index (Phi) is 11.6. The van der Waals surface area contributed by atoms with Gasteiger partial charge in [-0.05, 0) is 61.9 Å². The molecule has 0 saturated carbocycles. The Morgan fingerprint density at radius 3 is 1.95 bits per heavy atom. The predicted molar refractivity (Wildman–Crippen MR) is 167 cm³/mol. The Morgan fingerprint density at radius 1 is 0.952 bits per heavy atom. The molecule has 1 fully saturated rings. The van der Waals surface area contributed by atoms with Crippen LogP contribution in [0, 0.1) is 11.8 Å². The summed E-state index contributed by atoms with van der Waals surface area (Å²) in [5.41, 5.74) is 0. The quantitative estimate of drug-likeness (QED) is 0.168. The van der Waals surface area contributed by atoms with Crippen molar-refractivity contribution in [2.45, 2.75) is 104 Å². The van der Waals surface area contributed by atoms with Gasteiger partial charge in [-0.15, -0.1) is 0 Å². The molecule has 0 radical (unpaired) electrons. The molecule has 1 aliphatic heterocycles. The van der Waals surface area contributed by atoms with Crippen LogP contribution >= 0.6 is 0 Å². The maximum Gasteiger partial charge on any atom is 0.312 e. The van der Waals surface area contributed by atoms with E-state index in [1.165, 1.54) is 17.5 Å². The molecule has 1 aliphatic rings. The van der Waals surface area contributed by atoms with Crippen molar-refractivity contribution in [3.63, 3.8) is 0 Å². The van der Waals surface area contributed by atoms with Gasteiger partial charge >= 0.3 is 11.9 Å². The van der Waals surface area contributed by atoms with Gasteiger partial charge in [-0.2, -0.15) is 0 Å². The van der Waals surface area contributed by atoms with Crippen LogP contribution in [0.4, 0.5) is 0 Å². The minimum absolute atomic E-state index is 0.0542. The van der Waals surface area contributed by atoms with E-state index in [1.54, 1.807) is 6.92 Å². The summed E-state index contributed by atoms with van der Waals surface area (Å²) in [6, 6.07) is 21.1. The second kappa shape index (κ2) is 14.3. The monoisotopic (exact) mass is 598 g/mol. The van der Waals surface area contributed by atoms with Gasteiger partial charge < -0.3 is 23.4 Å². The van der Waals surface area contributed by atoms with E-state index in [4.69, 9.17) is 23.4 Å². The SMILES string of the molecule is COC(=O)[C@H](C)[C@H](OC(=O)C[C@H]1OC(C)(C)O[C@@H]1C)[C@@H](C)CCCO[Si](c1ccccc1)(c1ccccc1)C(C)(C)C. The maximum absolute atomic E-state index is 13.0. The third kappa shape index (κ3) is 8.10. The van der Waals surface area contributed by atoms with Gasteiger partial charge in [0.1, 0.15) is 6.10 Å². The van der Waals surface area contributed by atoms with Gasteiger partial charge in [0.25, 0.3) is 8.32 Å². The highest BCUT2D eigenvalue weighted by Crippen LogP contribution is 2.37. The van der Waals surface area contributed by atoms with Crippen molar-refractivity contribution in [1.29, 1.82) is 0 Å². The molecule has 3 rings (SSSR count). The average Bonchev–Trinajstić information content (AvgIpc) is 3.21. The number of ether oxygens (including phenoxy) is 4. The fourth-order valence-electron chi connectivity index (χ4n) is 6.17. The minimum Gasteiger partial charge on any atom is -0.469 e. The number of carbonyl (C=O) groups excluding carboxylic acids is 2. The van der Waals surface area contributed by atoms with E-state index in [1.807, 2.05) is 39.8 Å². The molecule has 0 aromatic heterocycles. The van der Waals surface area contributed by atoms with E-state index in [0.29, 0.717) is 13.0 Å². The number of carbonyl (C=O) groups is 2. The van der Waals surface area contributed by atoms with Gasteiger partial charge in [-0.1, -0.05) is 88.4 Å². The molecule has 0 spiro atoms. The molecule has 0 unspecified atom stereocenters. The van der Waals surface area contributed by atoms with Crippen LogP contribution in [0.3, 0.4) is 0 Å². The molecule has 1 heterocycles. The third-order valence-corrected chi connectivity index (χ3v) is 13.3. The molecule has 0 amide bonds. The van der Waals surface area contributed by atoms with Crippen molar-refractivity contribution in [3.05, 3.63) is 60.7 Å². The summed E-state index contributed by atoms with van der Waals surface area (Å²) in [5, 5.41) is 2.35. The van der Waals surface area contributed by atoms with Crippen LogP contribution in [0.5, 0.6) is 0 Å². The number of benzene rings is 2. The van der Waals surface area contributed by atoms with E-state index < -0.39 is 44.2 Å². The molecule has 0 N–H and O–H groups in total. The molecular formula is C34H50O7Si. The van der Waals surface area contributed by atoms with Crippen LogP contribution in [0.25, 0.3) is 0 Å². The summed E-state index contributed by atoms with van der Waals surface area (Å²) in [5.74, 6) is -2.27. The number of hydrogen-bond donors (Lipinski definition) is 0. The lowest BCUT2D eigenvalue weighted by Crippen LogP contribution is -2.66. The van der Waals surface area contributed by atoms with Crippen LogP contribution in [-0.2, 0) is 33.0 Å². The molecule has 2 aromatic carbocycles. The van der Waals surface area contributed by atoms with Gasteiger partial charge in [-0.25, -0.2) is 0 Å². The first kappa shape index (κ1) is 34.0. The summed E-state index contributed by atoms with van der Waals surface area (Å²) >= 11 is 0. The van der Waals surface area contributed by atoms with Crippen molar-refractivity contribution in [2.75, 3.05) is 13.7 Å². The van der Waals surface area contributed by atoms with E-state index >= 15 is 0 Å². The zero-order valence-electron chi connectivity index (χ0n) is 26.8. The molecule has 5 atom stereocenters. The fraction of sp³-hybridized carbons (Fsp3) is 0.588. The molecule has 42 heavy (non-hydrogen) atoms. The van der Waals surface area contributed by atoms with Crippen LogP contribution in [0.15, 0.2) is 60.7 Å². The Balaban J connectivity index is 1.73. The molecular weight excluding hydrogens is 548 g/mol. The zero-order valence-corrected chi connectivity index (χ0v) is 27.8. The minimum atomic E-state index is -2.64. The molecule has 232 valence electrons. The normalized spacial score (nSPS) is 20.9. The van der Waals surface area contributed by atoms with E-state index in [9.17, 15) is 9.59 Å². The summed E-state index contributed by atoms with van der Waals surface area (Å²) in [7, 11) is -1.29. The standard InChI is InChI=1S/C34H50O7Si/c1-24(31(25(2)32(36)37-9)39-30(35)23-29-26(3)40-34(7,8)41-29)17-16-22-38-42(33(4,5)6,27-18-12-10-13-19-27)28-20-14-11-15-21-28/h10-15,18-21,24-26,29,31H,16-17,22-23H2,1-9H3/t24-,25+,26+,29+,31+/m0/s1. The summed E-state index contributed by atoms with van der Waals surface area (Å²) in [6.07, 6.45) is 0.237. The van der Waals surface area contributed by atoms with Gasteiger partial charge in [0.05, 0.1) is 31.7 Å². The molecule has 8 heteroatoms. The summed E-state index contributed by atoms with van der Waals surface area (Å²) < 4.78 is 29.7. The second-order valence-corrected chi connectivity index (χ2v) is 17.3. The zero-order chi connectivity index (χ0) is 31.1. The van der Waals surface area contributed by atoms with Gasteiger partial charge in [0.2, 0.25) is 0 Å². The third-order valence-electron chi connectivity index (χ3n) is 8.23. The van der Waals surface area contributed by atoms with Crippen molar-refractivity contribution >= 4 is 30.6 Å². The number of methoxy groups -OCH3 is 1. The molecule has 1 saturated heterocycles. The van der Waals surface area contributed by atoms with Crippen molar-refractivity contribution in [2.24, 2.45) is 11.8 Å². The lowest BCUT2D eigenvalue weighted by atomic mass is 9.90. The second-order valence-electron chi connectivity index (χ2n) is 13.0. The Morgan fingerprint density at radius 2 is 1.50 bits per heavy atom. The van der Waals surface area contributed by atoms with E-state index in [0.717, 1.165) is 6.42 Å². The number of rotatable bonds is 13. The highest BCUT2D eigenvalue weighted by atomic mass is 28.4. The van der Waals surface area contributed by atoms with Crippen LogP contribution in [0.2, 0.25) is 5.04 Å². The van der Waals surface area contributed by atoms with Gasteiger partial charge in [0, 0.05) is 6.61 Å². The van der Waals surface area contributed by atoms with E-state index in [2.05, 4.69) is 69.3 Å². The van der Waals surface area contributed by atoms with Crippen LogP contribution in [-0.4, -0.2) is 58.1 Å². The maximum atomic E-state index is 13.0. The van der Waals surface area contributed by atoms with Crippen LogP contribution in [0.1, 0.15) is 74.7 Å². The highest BCUT2D eigenvalue weighted by Gasteiger charge is 2.50. The number of esters is 2. The first-order valence-corrected chi connectivity index (χ1v) is 17.0. The lowest BCUT2D eigenvalue weighted by Gasteiger charge is -2.43. The summed E-state index contributed by atoms with van der Waals surface area (Å²) in [4.78, 5) is 25.6.